The molecule has 0 fully saturated rings. The normalized spacial score (nSPS) is 12.1. The van der Waals surface area contributed by atoms with E-state index in [4.69, 9.17) is 0 Å². The second kappa shape index (κ2) is 13.9. The van der Waals surface area contributed by atoms with Crippen LogP contribution >= 0.6 is 0 Å². The van der Waals surface area contributed by atoms with Crippen molar-refractivity contribution in [1.29, 1.82) is 0 Å². The summed E-state index contributed by atoms with van der Waals surface area (Å²) in [5.41, 5.74) is 19.1. The Balaban J connectivity index is 1.05. The van der Waals surface area contributed by atoms with Crippen LogP contribution in [0.15, 0.2) is 218 Å². The molecule has 4 nitrogen and oxygen atoms in total. The average Bonchev–Trinajstić information content (AvgIpc) is 4.09. The molecule has 0 aliphatic rings. The van der Waals surface area contributed by atoms with Crippen molar-refractivity contribution < 1.29 is 0 Å². The van der Waals surface area contributed by atoms with Gasteiger partial charge in [-0.15, -0.1) is 0 Å². The van der Waals surface area contributed by atoms with Gasteiger partial charge in [0.05, 0.1) is 44.1 Å². The maximum Gasteiger partial charge on any atom is 0.0641 e. The summed E-state index contributed by atoms with van der Waals surface area (Å²) in [6.07, 6.45) is 0. The van der Waals surface area contributed by atoms with Crippen molar-refractivity contribution in [2.24, 2.45) is 0 Å². The molecular formula is C62H42N4. The Morgan fingerprint density at radius 1 is 0.242 bits per heavy atom. The highest BCUT2D eigenvalue weighted by atomic mass is 15.0. The molecule has 4 heterocycles. The highest BCUT2D eigenvalue weighted by Crippen LogP contribution is 2.45. The minimum Gasteiger partial charge on any atom is -0.309 e. The smallest absolute Gasteiger partial charge is 0.0641 e. The first kappa shape index (κ1) is 36.8. The molecule has 310 valence electrons. The van der Waals surface area contributed by atoms with Crippen LogP contribution in [0.4, 0.5) is 0 Å². The first-order valence-electron chi connectivity index (χ1n) is 22.8. The molecule has 0 bridgehead atoms. The van der Waals surface area contributed by atoms with Gasteiger partial charge in [-0.25, -0.2) is 0 Å². The number of hydrogen-bond donors (Lipinski definition) is 0. The monoisotopic (exact) mass is 842 g/mol. The van der Waals surface area contributed by atoms with Crippen LogP contribution in [0.2, 0.25) is 0 Å². The minimum absolute atomic E-state index is 1.15. The molecule has 14 rings (SSSR count). The SMILES string of the molecule is Cc1cccc(-n2c3ccccc3c3c2ccc2c4cc(-c5ccc6c7ccc8c(c9ccccc9n8-c8ccccc8)c7n(-c7cccc(C)c7)c6c5)ccc4n(-c4ccccc4)c23)c1. The first-order chi connectivity index (χ1) is 32.6. The molecule has 0 amide bonds. The van der Waals surface area contributed by atoms with Crippen molar-refractivity contribution in [1.82, 2.24) is 18.3 Å². The number of rotatable bonds is 5. The number of aryl methyl sites for hydroxylation is 2. The number of para-hydroxylation sites is 4. The summed E-state index contributed by atoms with van der Waals surface area (Å²) in [7, 11) is 0. The lowest BCUT2D eigenvalue weighted by molar-refractivity contribution is 1.17. The predicted octanol–water partition coefficient (Wildman–Crippen LogP) is 16.4. The molecule has 0 unspecified atom stereocenters. The van der Waals surface area contributed by atoms with Crippen molar-refractivity contribution >= 4 is 87.2 Å². The van der Waals surface area contributed by atoms with Crippen molar-refractivity contribution in [2.45, 2.75) is 13.8 Å². The van der Waals surface area contributed by atoms with E-state index in [1.807, 2.05) is 0 Å². The standard InChI is InChI=1S/C62H42N4/c1-39-15-13-21-45(35-39)64-54-26-12-10-24-51(54)60-57(64)34-31-49-52-37-41(28-32-55(52)65(62(49)60)44-19-7-4-8-20-44)42-27-29-47-48-30-33-56-59(61(48)66(58(47)38-42)46-22-14-16-40(2)36-46)50-23-9-11-25-53(50)63(56)43-17-5-3-6-18-43/h3-38H,1-2H3. The van der Waals surface area contributed by atoms with Crippen LogP contribution in [0.5, 0.6) is 0 Å². The van der Waals surface area contributed by atoms with Gasteiger partial charge in [0.1, 0.15) is 0 Å². The lowest BCUT2D eigenvalue weighted by atomic mass is 10.0. The molecule has 66 heavy (non-hydrogen) atoms. The number of fused-ring (bicyclic) bond motifs is 14. The van der Waals surface area contributed by atoms with E-state index in [9.17, 15) is 0 Å². The van der Waals surface area contributed by atoms with Gasteiger partial charge in [-0.2, -0.15) is 0 Å². The molecule has 0 radical (unpaired) electrons. The molecule has 14 aromatic rings. The van der Waals surface area contributed by atoms with E-state index in [1.165, 1.54) is 115 Å². The Labute approximate surface area is 381 Å². The first-order valence-corrected chi connectivity index (χ1v) is 22.8. The van der Waals surface area contributed by atoms with Crippen LogP contribution in [0.1, 0.15) is 11.1 Å². The zero-order chi connectivity index (χ0) is 43.6. The highest BCUT2D eigenvalue weighted by molar-refractivity contribution is 6.28. The van der Waals surface area contributed by atoms with E-state index >= 15 is 0 Å². The van der Waals surface area contributed by atoms with Gasteiger partial charge in [0.2, 0.25) is 0 Å². The molecule has 0 aliphatic carbocycles. The van der Waals surface area contributed by atoms with E-state index in [1.54, 1.807) is 0 Å². The second-order valence-electron chi connectivity index (χ2n) is 17.9. The number of hydrogen-bond acceptors (Lipinski definition) is 0. The Bertz CT molecular complexity index is 4290. The number of benzene rings is 10. The Kier molecular flexibility index (Phi) is 7.79. The van der Waals surface area contributed by atoms with E-state index in [0.717, 1.165) is 17.1 Å². The Hall–Kier alpha value is -8.60. The molecule has 4 heteroatoms. The van der Waals surface area contributed by atoms with Gasteiger partial charge in [0, 0.05) is 65.8 Å². The van der Waals surface area contributed by atoms with Gasteiger partial charge in [-0.05, 0) is 127 Å². The van der Waals surface area contributed by atoms with Crippen LogP contribution < -0.4 is 0 Å². The fraction of sp³-hybridized carbons (Fsp3) is 0.0323. The Morgan fingerprint density at radius 3 is 1.27 bits per heavy atom. The van der Waals surface area contributed by atoms with Crippen molar-refractivity contribution in [2.75, 3.05) is 0 Å². The molecule has 0 spiro atoms. The third-order valence-electron chi connectivity index (χ3n) is 14.0. The van der Waals surface area contributed by atoms with Gasteiger partial charge in [-0.3, -0.25) is 0 Å². The van der Waals surface area contributed by atoms with Crippen molar-refractivity contribution in [3.05, 3.63) is 230 Å². The Morgan fingerprint density at radius 2 is 0.667 bits per heavy atom. The molecule has 0 saturated heterocycles. The predicted molar refractivity (Wildman–Crippen MR) is 279 cm³/mol. The topological polar surface area (TPSA) is 19.7 Å². The van der Waals surface area contributed by atoms with Gasteiger partial charge < -0.3 is 18.3 Å². The lowest BCUT2D eigenvalue weighted by Crippen LogP contribution is -1.96. The summed E-state index contributed by atoms with van der Waals surface area (Å²) in [5.74, 6) is 0. The lowest BCUT2D eigenvalue weighted by Gasteiger charge is -2.12. The zero-order valence-corrected chi connectivity index (χ0v) is 36.6. The average molecular weight is 843 g/mol. The van der Waals surface area contributed by atoms with E-state index in [0.29, 0.717) is 0 Å². The minimum atomic E-state index is 1.15. The summed E-state index contributed by atoms with van der Waals surface area (Å²) in [4.78, 5) is 0. The van der Waals surface area contributed by atoms with Gasteiger partial charge in [-0.1, -0.05) is 127 Å². The fourth-order valence-electron chi connectivity index (χ4n) is 11.3. The molecule has 4 aromatic heterocycles. The summed E-state index contributed by atoms with van der Waals surface area (Å²) in [5, 5.41) is 9.97. The van der Waals surface area contributed by atoms with Crippen molar-refractivity contribution in [3.8, 4) is 33.9 Å². The maximum atomic E-state index is 2.52. The maximum absolute atomic E-state index is 2.52. The van der Waals surface area contributed by atoms with Gasteiger partial charge in [0.25, 0.3) is 0 Å². The molecule has 0 atom stereocenters. The molecule has 10 aromatic carbocycles. The summed E-state index contributed by atoms with van der Waals surface area (Å²) in [6, 6.07) is 80.7. The third kappa shape index (κ3) is 5.21. The van der Waals surface area contributed by atoms with Crippen molar-refractivity contribution in [3.63, 3.8) is 0 Å². The third-order valence-corrected chi connectivity index (χ3v) is 14.0. The van der Waals surface area contributed by atoms with E-state index in [-0.39, 0.29) is 0 Å². The number of nitrogens with zero attached hydrogens (tertiary/aromatic N) is 4. The summed E-state index contributed by atoms with van der Waals surface area (Å²) >= 11 is 0. The number of aromatic nitrogens is 4. The largest absolute Gasteiger partial charge is 0.309 e. The molecular weight excluding hydrogens is 801 g/mol. The molecule has 0 N–H and O–H groups in total. The van der Waals surface area contributed by atoms with Crippen LogP contribution in [0.25, 0.3) is 121 Å². The zero-order valence-electron chi connectivity index (χ0n) is 36.6. The van der Waals surface area contributed by atoms with Crippen LogP contribution in [-0.2, 0) is 0 Å². The van der Waals surface area contributed by atoms with Gasteiger partial charge >= 0.3 is 0 Å². The molecule has 0 saturated carbocycles. The van der Waals surface area contributed by atoms with Crippen LogP contribution in [0.3, 0.4) is 0 Å². The fourth-order valence-corrected chi connectivity index (χ4v) is 11.3. The quantitative estimate of drug-likeness (QED) is 0.164. The van der Waals surface area contributed by atoms with Crippen LogP contribution in [-0.4, -0.2) is 18.3 Å². The van der Waals surface area contributed by atoms with Gasteiger partial charge in [0.15, 0.2) is 0 Å². The van der Waals surface area contributed by atoms with Crippen LogP contribution in [0, 0.1) is 13.8 Å². The van der Waals surface area contributed by atoms with E-state index in [2.05, 4.69) is 251 Å². The summed E-state index contributed by atoms with van der Waals surface area (Å²) in [6.45, 7) is 4.36. The highest BCUT2D eigenvalue weighted by Gasteiger charge is 2.24. The second-order valence-corrected chi connectivity index (χ2v) is 17.9. The summed E-state index contributed by atoms with van der Waals surface area (Å²) < 4.78 is 9.86. The van der Waals surface area contributed by atoms with E-state index < -0.39 is 0 Å². The molecule has 0 aliphatic heterocycles.